The van der Waals surface area contributed by atoms with Crippen LogP contribution >= 0.6 is 11.6 Å². The van der Waals surface area contributed by atoms with Gasteiger partial charge in [-0.2, -0.15) is 4.98 Å². The Kier molecular flexibility index (Phi) is 7.96. The van der Waals surface area contributed by atoms with Gasteiger partial charge in [-0.15, -0.1) is 0 Å². The van der Waals surface area contributed by atoms with Crippen LogP contribution in [0.1, 0.15) is 39.9 Å². The van der Waals surface area contributed by atoms with Crippen LogP contribution in [0.4, 0.5) is 4.79 Å². The molecule has 0 bridgehead atoms. The molecule has 2 aromatic heterocycles. The highest BCUT2D eigenvalue weighted by atomic mass is 35.5. The van der Waals surface area contributed by atoms with Crippen molar-refractivity contribution in [2.75, 3.05) is 19.8 Å². The average Bonchev–Trinajstić information content (AvgIpc) is 3.53. The van der Waals surface area contributed by atoms with E-state index in [1.165, 1.54) is 0 Å². The van der Waals surface area contributed by atoms with Crippen molar-refractivity contribution in [1.82, 2.24) is 15.5 Å². The predicted octanol–water partition coefficient (Wildman–Crippen LogP) is 5.30. The van der Waals surface area contributed by atoms with Crippen molar-refractivity contribution in [3.05, 3.63) is 53.2 Å². The summed E-state index contributed by atoms with van der Waals surface area (Å²) in [5.41, 5.74) is -0.587. The second kappa shape index (κ2) is 11.0. The van der Waals surface area contributed by atoms with Crippen molar-refractivity contribution in [2.24, 2.45) is 0 Å². The number of aromatic nitrogens is 2. The molecule has 0 saturated heterocycles. The minimum Gasteiger partial charge on any atom is -0.492 e. The summed E-state index contributed by atoms with van der Waals surface area (Å²) in [5.74, 6) is 1.38. The lowest BCUT2D eigenvalue weighted by molar-refractivity contribution is 0.0237. The molecule has 10 nitrogen and oxygen atoms in total. The van der Waals surface area contributed by atoms with E-state index in [4.69, 9.17) is 30.0 Å². The van der Waals surface area contributed by atoms with Gasteiger partial charge in [-0.1, -0.05) is 23.7 Å². The molecular formula is C27H30ClN3O7. The zero-order valence-electron chi connectivity index (χ0n) is 21.6. The number of halogens is 1. The lowest BCUT2D eigenvalue weighted by Crippen LogP contribution is -2.52. The minimum absolute atomic E-state index is 0.161. The quantitative estimate of drug-likeness (QED) is 0.256. The van der Waals surface area contributed by atoms with Gasteiger partial charge in [0, 0.05) is 16.5 Å². The van der Waals surface area contributed by atoms with Crippen LogP contribution in [0.15, 0.2) is 51.4 Å². The van der Waals surface area contributed by atoms with Gasteiger partial charge >= 0.3 is 6.09 Å². The van der Waals surface area contributed by atoms with Crippen LogP contribution in [0.5, 0.6) is 5.75 Å². The van der Waals surface area contributed by atoms with Gasteiger partial charge in [0.15, 0.2) is 0 Å². The van der Waals surface area contributed by atoms with E-state index in [1.807, 2.05) is 6.92 Å². The summed E-state index contributed by atoms with van der Waals surface area (Å²) < 4.78 is 22.2. The van der Waals surface area contributed by atoms with Gasteiger partial charge in [-0.25, -0.2) is 4.79 Å². The number of amides is 1. The number of carbonyl (C=O) groups is 1. The molecule has 2 aromatic carbocycles. The van der Waals surface area contributed by atoms with Gasteiger partial charge < -0.3 is 33.9 Å². The van der Waals surface area contributed by atoms with Crippen molar-refractivity contribution in [1.29, 1.82) is 0 Å². The second-order valence-electron chi connectivity index (χ2n) is 9.81. The number of hydrogen-bond acceptors (Lipinski definition) is 9. The largest absolute Gasteiger partial charge is 0.492 e. The summed E-state index contributed by atoms with van der Waals surface area (Å²) in [4.78, 5) is 16.9. The fourth-order valence-electron chi connectivity index (χ4n) is 3.68. The molecule has 202 valence electrons. The van der Waals surface area contributed by atoms with Gasteiger partial charge in [0.05, 0.1) is 24.8 Å². The van der Waals surface area contributed by atoms with E-state index < -0.39 is 30.4 Å². The molecule has 0 radical (unpaired) electrons. The van der Waals surface area contributed by atoms with Gasteiger partial charge in [0.2, 0.25) is 5.82 Å². The molecule has 4 aromatic rings. The van der Waals surface area contributed by atoms with Crippen molar-refractivity contribution in [3.63, 3.8) is 0 Å². The molecule has 0 aliphatic heterocycles. The number of nitrogens with one attached hydrogen (secondary N) is 1. The maximum Gasteiger partial charge on any atom is 0.408 e. The van der Waals surface area contributed by atoms with Crippen molar-refractivity contribution in [3.8, 4) is 28.6 Å². The van der Waals surface area contributed by atoms with Gasteiger partial charge in [0.1, 0.15) is 28.2 Å². The number of hydrogen-bond donors (Lipinski definition) is 3. The SMILES string of the molecule is CCCOc1ccc(-c2nc(-c3ccc4oc(C(CO)(CO)NC(=O)OC(C)(C)C)cc4c3)no2)cc1Cl. The van der Waals surface area contributed by atoms with Crippen LogP contribution in [0.25, 0.3) is 33.8 Å². The molecule has 0 fully saturated rings. The summed E-state index contributed by atoms with van der Waals surface area (Å²) in [6.07, 6.45) is 0.0700. The van der Waals surface area contributed by atoms with Crippen LogP contribution in [-0.4, -0.2) is 51.9 Å². The molecule has 0 aliphatic carbocycles. The topological polar surface area (TPSA) is 140 Å². The molecular weight excluding hydrogens is 514 g/mol. The first-order valence-corrected chi connectivity index (χ1v) is 12.5. The molecule has 4 rings (SSSR count). The van der Waals surface area contributed by atoms with E-state index in [0.29, 0.717) is 45.3 Å². The summed E-state index contributed by atoms with van der Waals surface area (Å²) in [7, 11) is 0. The smallest absolute Gasteiger partial charge is 0.408 e. The Labute approximate surface area is 224 Å². The number of furan rings is 1. The van der Waals surface area contributed by atoms with Crippen LogP contribution in [0.2, 0.25) is 5.02 Å². The fraction of sp³-hybridized carbons (Fsp3) is 0.370. The van der Waals surface area contributed by atoms with E-state index >= 15 is 0 Å². The number of benzene rings is 2. The predicted molar refractivity (Wildman–Crippen MR) is 141 cm³/mol. The number of alkyl carbamates (subject to hydrolysis) is 1. The fourth-order valence-corrected chi connectivity index (χ4v) is 3.92. The Balaban J connectivity index is 1.60. The molecule has 0 aliphatic rings. The number of ether oxygens (including phenoxy) is 2. The Bertz CT molecular complexity index is 1420. The Morgan fingerprint density at radius 2 is 1.82 bits per heavy atom. The summed E-state index contributed by atoms with van der Waals surface area (Å²) >= 11 is 6.34. The molecule has 11 heteroatoms. The number of nitrogens with zero attached hydrogens (tertiary/aromatic N) is 2. The molecule has 3 N–H and O–H groups in total. The van der Waals surface area contributed by atoms with E-state index in [0.717, 1.165) is 6.42 Å². The molecule has 0 atom stereocenters. The standard InChI is InChI=1S/C27H30ClN3O7/c1-5-10-35-21-9-7-17(12-19(21)28)24-29-23(31-38-24)16-6-8-20-18(11-16)13-22(36-20)27(14-32,15-33)30-25(34)37-26(2,3)4/h6-9,11-13,32-33H,5,10,14-15H2,1-4H3,(H,30,34). The lowest BCUT2D eigenvalue weighted by Gasteiger charge is -2.30. The first-order chi connectivity index (χ1) is 18.1. The van der Waals surface area contributed by atoms with Crippen LogP contribution in [0.3, 0.4) is 0 Å². The van der Waals surface area contributed by atoms with E-state index in [-0.39, 0.29) is 11.7 Å². The zero-order chi connectivity index (χ0) is 27.5. The number of aliphatic hydroxyl groups is 2. The second-order valence-corrected chi connectivity index (χ2v) is 10.2. The van der Waals surface area contributed by atoms with Crippen molar-refractivity contribution in [2.45, 2.75) is 45.3 Å². The zero-order valence-corrected chi connectivity index (χ0v) is 22.3. The third kappa shape index (κ3) is 5.93. The maximum atomic E-state index is 12.4. The van der Waals surface area contributed by atoms with Crippen LogP contribution in [0, 0.1) is 0 Å². The van der Waals surface area contributed by atoms with Crippen molar-refractivity contribution >= 4 is 28.7 Å². The highest BCUT2D eigenvalue weighted by Gasteiger charge is 2.38. The Morgan fingerprint density at radius 1 is 1.08 bits per heavy atom. The van der Waals surface area contributed by atoms with E-state index in [1.54, 1.807) is 63.2 Å². The van der Waals surface area contributed by atoms with E-state index in [9.17, 15) is 15.0 Å². The third-order valence-electron chi connectivity index (χ3n) is 5.59. The number of fused-ring (bicyclic) bond motifs is 1. The summed E-state index contributed by atoms with van der Waals surface area (Å²) in [6.45, 7) is 6.48. The first-order valence-electron chi connectivity index (χ1n) is 12.1. The summed E-state index contributed by atoms with van der Waals surface area (Å²) in [6, 6.07) is 12.1. The third-order valence-corrected chi connectivity index (χ3v) is 5.89. The van der Waals surface area contributed by atoms with Crippen LogP contribution < -0.4 is 10.1 Å². The number of aliphatic hydroxyl groups excluding tert-OH is 2. The van der Waals surface area contributed by atoms with Crippen molar-refractivity contribution < 1.29 is 33.4 Å². The van der Waals surface area contributed by atoms with Gasteiger partial charge in [-0.3, -0.25) is 0 Å². The van der Waals surface area contributed by atoms with Gasteiger partial charge in [0.25, 0.3) is 5.89 Å². The normalized spacial score (nSPS) is 12.1. The average molecular weight is 544 g/mol. The first kappa shape index (κ1) is 27.4. The monoisotopic (exact) mass is 543 g/mol. The Hall–Kier alpha value is -3.60. The molecule has 2 heterocycles. The molecule has 38 heavy (non-hydrogen) atoms. The van der Waals surface area contributed by atoms with Crippen LogP contribution in [-0.2, 0) is 10.3 Å². The van der Waals surface area contributed by atoms with E-state index in [2.05, 4.69) is 15.5 Å². The molecule has 0 saturated carbocycles. The molecule has 0 spiro atoms. The Morgan fingerprint density at radius 3 is 2.47 bits per heavy atom. The lowest BCUT2D eigenvalue weighted by atomic mass is 9.98. The molecule has 0 unspecified atom stereocenters. The highest BCUT2D eigenvalue weighted by molar-refractivity contribution is 6.32. The summed E-state index contributed by atoms with van der Waals surface area (Å²) in [5, 5.41) is 27.9. The number of rotatable bonds is 9. The van der Waals surface area contributed by atoms with Gasteiger partial charge in [-0.05, 0) is 69.7 Å². The highest BCUT2D eigenvalue weighted by Crippen LogP contribution is 2.33. The minimum atomic E-state index is -1.59. The number of carbonyl (C=O) groups excluding carboxylic acids is 1. The maximum absolute atomic E-state index is 12.4. The molecule has 1 amide bonds.